The number of rotatable bonds is 6. The van der Waals surface area contributed by atoms with Crippen LogP contribution in [0.5, 0.6) is 0 Å². The van der Waals surface area contributed by atoms with Crippen LogP contribution >= 0.6 is 0 Å². The molecule has 0 saturated carbocycles. The smallest absolute Gasteiger partial charge is 0.340 e. The Bertz CT molecular complexity index is 884. The first-order chi connectivity index (χ1) is 14.0. The van der Waals surface area contributed by atoms with Gasteiger partial charge in [0.15, 0.2) is 0 Å². The Labute approximate surface area is 171 Å². The Morgan fingerprint density at radius 3 is 2.76 bits per heavy atom. The van der Waals surface area contributed by atoms with Crippen LogP contribution in [0.1, 0.15) is 66.2 Å². The summed E-state index contributed by atoms with van der Waals surface area (Å²) >= 11 is 0. The predicted octanol–water partition coefficient (Wildman–Crippen LogP) is 4.11. The van der Waals surface area contributed by atoms with Crippen molar-refractivity contribution in [2.45, 2.75) is 52.5 Å². The molecule has 29 heavy (non-hydrogen) atoms. The van der Waals surface area contributed by atoms with Gasteiger partial charge in [0.25, 0.3) is 5.91 Å². The Balaban J connectivity index is 1.87. The summed E-state index contributed by atoms with van der Waals surface area (Å²) in [5, 5.41) is 3.15. The highest BCUT2D eigenvalue weighted by Gasteiger charge is 2.27. The minimum absolute atomic E-state index is 0.0659. The van der Waals surface area contributed by atoms with Crippen LogP contribution in [0.15, 0.2) is 30.3 Å². The number of nitrogens with zero attached hydrogens (tertiary/aromatic N) is 3. The summed E-state index contributed by atoms with van der Waals surface area (Å²) in [5.74, 6) is 0.500. The van der Waals surface area contributed by atoms with Crippen molar-refractivity contribution in [3.8, 4) is 0 Å². The van der Waals surface area contributed by atoms with Crippen molar-refractivity contribution in [3.63, 3.8) is 0 Å². The van der Waals surface area contributed by atoms with Gasteiger partial charge >= 0.3 is 5.97 Å². The lowest BCUT2D eigenvalue weighted by Crippen LogP contribution is -2.43. The number of hydrogen-bond acceptors (Lipinski definition) is 6. The molecule has 1 N–H and O–H groups in total. The fraction of sp³-hybridized carbons (Fsp3) is 0.455. The van der Waals surface area contributed by atoms with E-state index in [4.69, 9.17) is 4.74 Å². The maximum atomic E-state index is 13.1. The van der Waals surface area contributed by atoms with Gasteiger partial charge in [-0.2, -0.15) is 0 Å². The molecule has 0 radical (unpaired) electrons. The number of hydrogen-bond donors (Lipinski definition) is 1. The Kier molecular flexibility index (Phi) is 6.80. The normalized spacial score (nSPS) is 16.4. The highest BCUT2D eigenvalue weighted by atomic mass is 16.5. The zero-order valence-corrected chi connectivity index (χ0v) is 17.3. The van der Waals surface area contributed by atoms with Crippen LogP contribution in [0, 0.1) is 6.92 Å². The third-order valence-corrected chi connectivity index (χ3v) is 5.10. The second-order valence-electron chi connectivity index (χ2n) is 7.13. The van der Waals surface area contributed by atoms with E-state index < -0.39 is 5.97 Å². The highest BCUT2D eigenvalue weighted by Crippen LogP contribution is 2.24. The number of aryl methyl sites for hydroxylation is 1. The van der Waals surface area contributed by atoms with Crippen molar-refractivity contribution in [3.05, 3.63) is 47.4 Å². The van der Waals surface area contributed by atoms with E-state index in [9.17, 15) is 9.59 Å². The van der Waals surface area contributed by atoms with Gasteiger partial charge in [0, 0.05) is 18.7 Å². The Morgan fingerprint density at radius 2 is 2.00 bits per heavy atom. The lowest BCUT2D eigenvalue weighted by atomic mass is 9.99. The predicted molar refractivity (Wildman–Crippen MR) is 111 cm³/mol. The van der Waals surface area contributed by atoms with Crippen LogP contribution in [-0.4, -0.2) is 45.9 Å². The monoisotopic (exact) mass is 396 g/mol. The fourth-order valence-electron chi connectivity index (χ4n) is 3.70. The second kappa shape index (κ2) is 9.49. The zero-order valence-electron chi connectivity index (χ0n) is 17.3. The maximum absolute atomic E-state index is 13.1. The highest BCUT2D eigenvalue weighted by molar-refractivity contribution is 5.97. The van der Waals surface area contributed by atoms with E-state index in [-0.39, 0.29) is 11.9 Å². The zero-order chi connectivity index (χ0) is 20.8. The van der Waals surface area contributed by atoms with Crippen LogP contribution in [0.25, 0.3) is 0 Å². The molecule has 154 valence electrons. The van der Waals surface area contributed by atoms with Crippen LogP contribution < -0.4 is 5.32 Å². The topological polar surface area (TPSA) is 84.4 Å². The van der Waals surface area contributed by atoms with E-state index in [0.29, 0.717) is 35.2 Å². The largest absolute Gasteiger partial charge is 0.462 e. The van der Waals surface area contributed by atoms with Crippen molar-refractivity contribution >= 4 is 23.4 Å². The summed E-state index contributed by atoms with van der Waals surface area (Å²) in [7, 11) is 0. The van der Waals surface area contributed by atoms with Crippen LogP contribution in [0.2, 0.25) is 0 Å². The van der Waals surface area contributed by atoms with Gasteiger partial charge in [0.05, 0.1) is 17.9 Å². The number of piperidine rings is 1. The number of carbonyl (C=O) groups is 2. The minimum atomic E-state index is -0.406. The number of carbonyl (C=O) groups excluding carboxylic acids is 2. The number of aromatic nitrogens is 2. The lowest BCUT2D eigenvalue weighted by Gasteiger charge is -2.35. The Morgan fingerprint density at radius 1 is 1.21 bits per heavy atom. The molecule has 1 fully saturated rings. The van der Waals surface area contributed by atoms with E-state index in [1.54, 1.807) is 38.1 Å². The van der Waals surface area contributed by atoms with Gasteiger partial charge in [0.2, 0.25) is 0 Å². The van der Waals surface area contributed by atoms with Gasteiger partial charge in [-0.1, -0.05) is 19.1 Å². The van der Waals surface area contributed by atoms with Crippen molar-refractivity contribution in [1.82, 2.24) is 14.9 Å². The molecule has 1 aromatic carbocycles. The number of anilines is 2. The standard InChI is InChI=1S/C22H28N4O3/c1-4-16-10-8-9-13-26(16)21(27)19-14-20(24-15(3)23-19)25-18-12-7-6-11-17(18)22(28)29-5-2/h6-7,11-12,14,16H,4-5,8-10,13H2,1-3H3,(H,23,24,25). The molecule has 7 nitrogen and oxygen atoms in total. The molecule has 2 heterocycles. The molecule has 0 spiro atoms. The molecule has 1 amide bonds. The quantitative estimate of drug-likeness (QED) is 0.740. The van der Waals surface area contributed by atoms with E-state index >= 15 is 0 Å². The first-order valence-corrected chi connectivity index (χ1v) is 10.2. The molecule has 1 aliphatic heterocycles. The number of ether oxygens (including phenoxy) is 1. The molecular weight excluding hydrogens is 368 g/mol. The van der Waals surface area contributed by atoms with Crippen LogP contribution in [-0.2, 0) is 4.74 Å². The number of para-hydroxylation sites is 1. The van der Waals surface area contributed by atoms with Gasteiger partial charge in [-0.25, -0.2) is 14.8 Å². The van der Waals surface area contributed by atoms with Crippen LogP contribution in [0.3, 0.4) is 0 Å². The molecule has 3 rings (SSSR count). The second-order valence-corrected chi connectivity index (χ2v) is 7.13. The maximum Gasteiger partial charge on any atom is 0.340 e. The third kappa shape index (κ3) is 4.91. The average molecular weight is 396 g/mol. The number of esters is 1. The summed E-state index contributed by atoms with van der Waals surface area (Å²) in [4.78, 5) is 36.0. The molecular formula is C22H28N4O3. The van der Waals surface area contributed by atoms with Crippen LogP contribution in [0.4, 0.5) is 11.5 Å². The SMILES string of the molecule is CCOC(=O)c1ccccc1Nc1cc(C(=O)N2CCCCC2CC)nc(C)n1. The fourth-order valence-corrected chi connectivity index (χ4v) is 3.70. The first-order valence-electron chi connectivity index (χ1n) is 10.2. The molecule has 1 saturated heterocycles. The van der Waals surface area contributed by atoms with Crippen molar-refractivity contribution in [2.24, 2.45) is 0 Å². The lowest BCUT2D eigenvalue weighted by molar-refractivity contribution is 0.0526. The molecule has 1 atom stereocenters. The molecule has 2 aromatic rings. The van der Waals surface area contributed by atoms with Gasteiger partial charge in [-0.15, -0.1) is 0 Å². The van der Waals surface area contributed by atoms with Gasteiger partial charge < -0.3 is 15.0 Å². The van der Waals surface area contributed by atoms with E-state index in [1.807, 2.05) is 11.0 Å². The van der Waals surface area contributed by atoms with Gasteiger partial charge in [-0.3, -0.25) is 4.79 Å². The van der Waals surface area contributed by atoms with E-state index in [0.717, 1.165) is 32.2 Å². The third-order valence-electron chi connectivity index (χ3n) is 5.10. The summed E-state index contributed by atoms with van der Waals surface area (Å²) in [6.07, 6.45) is 4.14. The van der Waals surface area contributed by atoms with Gasteiger partial charge in [-0.05, 0) is 51.7 Å². The number of benzene rings is 1. The van der Waals surface area contributed by atoms with Crippen molar-refractivity contribution < 1.29 is 14.3 Å². The molecule has 1 aliphatic rings. The molecule has 1 aromatic heterocycles. The average Bonchev–Trinajstić information content (AvgIpc) is 2.73. The number of nitrogens with one attached hydrogen (secondary N) is 1. The molecule has 7 heteroatoms. The molecule has 0 aliphatic carbocycles. The van der Waals surface area contributed by atoms with E-state index in [1.165, 1.54) is 0 Å². The number of likely N-dealkylation sites (tertiary alicyclic amines) is 1. The summed E-state index contributed by atoms with van der Waals surface area (Å²) in [5.41, 5.74) is 1.36. The first kappa shape index (κ1) is 20.8. The van der Waals surface area contributed by atoms with Gasteiger partial charge in [0.1, 0.15) is 17.3 Å². The van der Waals surface area contributed by atoms with E-state index in [2.05, 4.69) is 22.2 Å². The minimum Gasteiger partial charge on any atom is -0.462 e. The molecule has 1 unspecified atom stereocenters. The Hall–Kier alpha value is -2.96. The summed E-state index contributed by atoms with van der Waals surface area (Å²) < 4.78 is 5.12. The summed E-state index contributed by atoms with van der Waals surface area (Å²) in [6, 6.07) is 8.98. The summed E-state index contributed by atoms with van der Waals surface area (Å²) in [6.45, 7) is 6.69. The molecule has 0 bridgehead atoms. The van der Waals surface area contributed by atoms with Crippen molar-refractivity contribution in [1.29, 1.82) is 0 Å². The van der Waals surface area contributed by atoms with Crippen molar-refractivity contribution in [2.75, 3.05) is 18.5 Å². The number of amides is 1.